The summed E-state index contributed by atoms with van der Waals surface area (Å²) in [6.07, 6.45) is 8.21. The number of anilines is 1. The monoisotopic (exact) mass is 384 g/mol. The number of rotatable bonds is 4. The average Bonchev–Trinajstić information content (AvgIpc) is 2.75. The summed E-state index contributed by atoms with van der Waals surface area (Å²) in [7, 11) is 0. The number of carbonyl (C=O) groups is 1. The Bertz CT molecular complexity index is 794. The zero-order valence-corrected chi connectivity index (χ0v) is 15.8. The molecule has 7 heteroatoms. The van der Waals surface area contributed by atoms with Crippen LogP contribution in [0.15, 0.2) is 42.9 Å². The molecule has 1 atom stereocenters. The van der Waals surface area contributed by atoms with Crippen molar-refractivity contribution < 1.29 is 13.9 Å². The van der Waals surface area contributed by atoms with Gasteiger partial charge in [0.15, 0.2) is 0 Å². The van der Waals surface area contributed by atoms with Crippen LogP contribution in [0.4, 0.5) is 10.2 Å². The Morgan fingerprint density at radius 3 is 2.71 bits per heavy atom. The van der Waals surface area contributed by atoms with E-state index in [1.807, 2.05) is 0 Å². The van der Waals surface area contributed by atoms with Crippen LogP contribution < -0.4 is 10.2 Å². The fraction of sp³-hybridized carbons (Fsp3) is 0.476. The van der Waals surface area contributed by atoms with Crippen molar-refractivity contribution in [3.63, 3.8) is 0 Å². The number of carbonyl (C=O) groups excluding carboxylic acids is 1. The Kier molecular flexibility index (Phi) is 5.52. The Labute approximate surface area is 164 Å². The smallest absolute Gasteiger partial charge is 0.231 e. The highest BCUT2D eigenvalue weighted by Gasteiger charge is 2.42. The largest absolute Gasteiger partial charge is 0.381 e. The zero-order valence-electron chi connectivity index (χ0n) is 15.8. The third-order valence-corrected chi connectivity index (χ3v) is 5.81. The number of benzene rings is 1. The van der Waals surface area contributed by atoms with Gasteiger partial charge in [-0.05, 0) is 43.4 Å². The molecule has 2 aliphatic rings. The lowest BCUT2D eigenvalue weighted by Crippen LogP contribution is -2.55. The molecule has 148 valence electrons. The molecule has 0 saturated carbocycles. The fourth-order valence-electron chi connectivity index (χ4n) is 4.22. The highest BCUT2D eigenvalue weighted by Crippen LogP contribution is 2.35. The molecule has 0 bridgehead atoms. The maximum absolute atomic E-state index is 13.4. The van der Waals surface area contributed by atoms with Crippen molar-refractivity contribution in [1.82, 2.24) is 15.3 Å². The topological polar surface area (TPSA) is 67.4 Å². The van der Waals surface area contributed by atoms with Gasteiger partial charge in [0.25, 0.3) is 0 Å². The minimum absolute atomic E-state index is 0.00778. The summed E-state index contributed by atoms with van der Waals surface area (Å²) in [6.45, 7) is 2.67. The molecular weight excluding hydrogens is 359 g/mol. The second kappa shape index (κ2) is 8.22. The number of amides is 1. The van der Waals surface area contributed by atoms with Crippen LogP contribution in [0.25, 0.3) is 0 Å². The van der Waals surface area contributed by atoms with Crippen LogP contribution in [-0.4, -0.2) is 48.2 Å². The summed E-state index contributed by atoms with van der Waals surface area (Å²) >= 11 is 0. The first kappa shape index (κ1) is 18.8. The summed E-state index contributed by atoms with van der Waals surface area (Å²) in [6, 6.07) is 6.36. The predicted octanol–water partition coefficient (Wildman–Crippen LogP) is 2.45. The van der Waals surface area contributed by atoms with Crippen LogP contribution >= 0.6 is 0 Å². The number of halogens is 1. The summed E-state index contributed by atoms with van der Waals surface area (Å²) in [5, 5.41) is 3.26. The Hall–Kier alpha value is -2.54. The van der Waals surface area contributed by atoms with Crippen molar-refractivity contribution in [2.24, 2.45) is 0 Å². The molecule has 2 aliphatic heterocycles. The first-order chi connectivity index (χ1) is 13.7. The molecule has 2 saturated heterocycles. The lowest BCUT2D eigenvalue weighted by Gasteiger charge is -2.39. The van der Waals surface area contributed by atoms with Crippen LogP contribution in [-0.2, 0) is 14.9 Å². The van der Waals surface area contributed by atoms with Gasteiger partial charge in [-0.3, -0.25) is 9.78 Å². The molecule has 3 heterocycles. The van der Waals surface area contributed by atoms with Crippen molar-refractivity contribution in [2.45, 2.75) is 37.1 Å². The number of nitrogens with zero attached hydrogens (tertiary/aromatic N) is 3. The Balaban J connectivity index is 1.50. The standard InChI is InChI=1S/C21H25FN4O2/c22-17-5-3-16(4-6-17)21(7-12-28-13-8-21)20(27)25-18-2-1-11-26(15-18)19-14-23-9-10-24-19/h3-6,9-10,14,18H,1-2,7-8,11-13,15H2,(H,25,27)/t18-/m0/s1. The predicted molar refractivity (Wildman–Crippen MR) is 104 cm³/mol. The van der Waals surface area contributed by atoms with Crippen LogP contribution in [0.3, 0.4) is 0 Å². The first-order valence-electron chi connectivity index (χ1n) is 9.83. The molecule has 2 fully saturated rings. The molecule has 4 rings (SSSR count). The molecule has 0 radical (unpaired) electrons. The number of hydrogen-bond acceptors (Lipinski definition) is 5. The van der Waals surface area contributed by atoms with Crippen molar-refractivity contribution >= 4 is 11.7 Å². The summed E-state index contributed by atoms with van der Waals surface area (Å²) in [5.74, 6) is 0.549. The zero-order chi connectivity index (χ0) is 19.4. The van der Waals surface area contributed by atoms with E-state index in [0.717, 1.165) is 30.8 Å². The van der Waals surface area contributed by atoms with E-state index in [2.05, 4.69) is 20.2 Å². The number of nitrogens with one attached hydrogen (secondary N) is 1. The lowest BCUT2D eigenvalue weighted by atomic mass is 9.73. The van der Waals surface area contributed by atoms with Gasteiger partial charge < -0.3 is 15.0 Å². The van der Waals surface area contributed by atoms with Crippen molar-refractivity contribution in [2.75, 3.05) is 31.2 Å². The van der Waals surface area contributed by atoms with Gasteiger partial charge in [-0.15, -0.1) is 0 Å². The van der Waals surface area contributed by atoms with E-state index < -0.39 is 5.41 Å². The normalized spacial score (nSPS) is 21.9. The van der Waals surface area contributed by atoms with E-state index in [1.54, 1.807) is 30.7 Å². The van der Waals surface area contributed by atoms with Crippen molar-refractivity contribution in [3.05, 3.63) is 54.2 Å². The molecule has 2 aromatic rings. The van der Waals surface area contributed by atoms with Gasteiger partial charge in [0.1, 0.15) is 11.6 Å². The first-order valence-corrected chi connectivity index (χ1v) is 9.83. The third kappa shape index (κ3) is 3.85. The maximum Gasteiger partial charge on any atom is 0.231 e. The van der Waals surface area contributed by atoms with Gasteiger partial charge in [0.2, 0.25) is 5.91 Å². The highest BCUT2D eigenvalue weighted by molar-refractivity contribution is 5.88. The SMILES string of the molecule is O=C(N[C@H]1CCCN(c2cnccn2)C1)C1(c2ccc(F)cc2)CCOCC1. The average molecular weight is 384 g/mol. The molecule has 1 N–H and O–H groups in total. The van der Waals surface area contributed by atoms with Gasteiger partial charge in [-0.2, -0.15) is 0 Å². The van der Waals surface area contributed by atoms with Crippen LogP contribution in [0.5, 0.6) is 0 Å². The molecular formula is C21H25FN4O2. The molecule has 0 aliphatic carbocycles. The van der Waals surface area contributed by atoms with Crippen LogP contribution in [0.1, 0.15) is 31.2 Å². The van der Waals surface area contributed by atoms with Crippen LogP contribution in [0, 0.1) is 5.82 Å². The van der Waals surface area contributed by atoms with E-state index in [1.165, 1.54) is 12.1 Å². The van der Waals surface area contributed by atoms with E-state index in [-0.39, 0.29) is 17.8 Å². The molecule has 0 spiro atoms. The number of piperidine rings is 1. The number of aromatic nitrogens is 2. The van der Waals surface area contributed by atoms with Gasteiger partial charge in [-0.1, -0.05) is 12.1 Å². The van der Waals surface area contributed by atoms with Gasteiger partial charge in [-0.25, -0.2) is 9.37 Å². The minimum Gasteiger partial charge on any atom is -0.381 e. The number of hydrogen-bond donors (Lipinski definition) is 1. The van der Waals surface area contributed by atoms with E-state index >= 15 is 0 Å². The Morgan fingerprint density at radius 1 is 1.21 bits per heavy atom. The molecule has 28 heavy (non-hydrogen) atoms. The summed E-state index contributed by atoms with van der Waals surface area (Å²) in [4.78, 5) is 24.1. The maximum atomic E-state index is 13.4. The van der Waals surface area contributed by atoms with E-state index in [0.29, 0.717) is 32.6 Å². The second-order valence-electron chi connectivity index (χ2n) is 7.52. The van der Waals surface area contributed by atoms with Crippen LogP contribution in [0.2, 0.25) is 0 Å². The molecule has 0 unspecified atom stereocenters. The molecule has 1 aromatic heterocycles. The van der Waals surface area contributed by atoms with Crippen molar-refractivity contribution in [1.29, 1.82) is 0 Å². The lowest BCUT2D eigenvalue weighted by molar-refractivity contribution is -0.131. The second-order valence-corrected chi connectivity index (χ2v) is 7.52. The summed E-state index contributed by atoms with van der Waals surface area (Å²) < 4.78 is 18.9. The van der Waals surface area contributed by atoms with Gasteiger partial charge >= 0.3 is 0 Å². The summed E-state index contributed by atoms with van der Waals surface area (Å²) in [5.41, 5.74) is 0.192. The molecule has 1 amide bonds. The van der Waals surface area contributed by atoms with E-state index in [4.69, 9.17) is 4.74 Å². The molecule has 1 aromatic carbocycles. The fourth-order valence-corrected chi connectivity index (χ4v) is 4.22. The van der Waals surface area contributed by atoms with Gasteiger partial charge in [0.05, 0.1) is 11.6 Å². The Morgan fingerprint density at radius 2 is 2.00 bits per heavy atom. The van der Waals surface area contributed by atoms with Crippen molar-refractivity contribution in [3.8, 4) is 0 Å². The molecule has 6 nitrogen and oxygen atoms in total. The highest BCUT2D eigenvalue weighted by atomic mass is 19.1. The van der Waals surface area contributed by atoms with E-state index in [9.17, 15) is 9.18 Å². The third-order valence-electron chi connectivity index (χ3n) is 5.81. The minimum atomic E-state index is -0.666. The van der Waals surface area contributed by atoms with Gasteiger partial charge in [0, 0.05) is 44.7 Å². The quantitative estimate of drug-likeness (QED) is 0.877. The number of ether oxygens (including phenoxy) is 1.